The molecule has 2 aliphatic rings. The lowest BCUT2D eigenvalue weighted by atomic mass is 10.1. The fraction of sp³-hybridized carbons (Fsp3) is 0.833. The molecule has 0 aromatic heterocycles. The van der Waals surface area contributed by atoms with Crippen molar-refractivity contribution in [3.8, 4) is 0 Å². The highest BCUT2D eigenvalue weighted by molar-refractivity contribution is 8.00. The van der Waals surface area contributed by atoms with Crippen LogP contribution in [-0.2, 0) is 9.59 Å². The van der Waals surface area contributed by atoms with Crippen molar-refractivity contribution in [3.63, 3.8) is 0 Å². The van der Waals surface area contributed by atoms with Gasteiger partial charge in [-0.2, -0.15) is 0 Å². The highest BCUT2D eigenvalue weighted by Gasteiger charge is 2.44. The number of hydrogen-bond acceptors (Lipinski definition) is 3. The highest BCUT2D eigenvalue weighted by Crippen LogP contribution is 2.38. The third kappa shape index (κ3) is 2.44. The molecule has 2 amide bonds. The Morgan fingerprint density at radius 3 is 2.53 bits per heavy atom. The average molecular weight is 256 g/mol. The Labute approximate surface area is 107 Å². The van der Waals surface area contributed by atoms with Crippen LogP contribution in [0.5, 0.6) is 0 Å². The van der Waals surface area contributed by atoms with Crippen LogP contribution in [-0.4, -0.2) is 51.9 Å². The van der Waals surface area contributed by atoms with E-state index >= 15 is 0 Å². The third-order valence-corrected chi connectivity index (χ3v) is 5.02. The minimum absolute atomic E-state index is 0.134. The van der Waals surface area contributed by atoms with E-state index in [4.69, 9.17) is 0 Å². The molecule has 4 nitrogen and oxygen atoms in total. The van der Waals surface area contributed by atoms with E-state index in [1.807, 2.05) is 18.7 Å². The quantitative estimate of drug-likeness (QED) is 0.699. The summed E-state index contributed by atoms with van der Waals surface area (Å²) in [6, 6.07) is -0.259. The van der Waals surface area contributed by atoms with Gasteiger partial charge in [0.1, 0.15) is 6.04 Å². The van der Waals surface area contributed by atoms with Gasteiger partial charge >= 0.3 is 0 Å². The monoisotopic (exact) mass is 256 g/mol. The summed E-state index contributed by atoms with van der Waals surface area (Å²) >= 11 is 1.68. The Morgan fingerprint density at radius 1 is 1.29 bits per heavy atom. The molecule has 17 heavy (non-hydrogen) atoms. The molecule has 0 saturated carbocycles. The van der Waals surface area contributed by atoms with Crippen LogP contribution < -0.4 is 0 Å². The SMILES string of the molecule is CC1(C)SC[C@@H](C(=O)N2CCCCC2)N1C=O. The van der Waals surface area contributed by atoms with E-state index in [9.17, 15) is 9.59 Å². The Hall–Kier alpha value is -0.710. The number of thioether (sulfide) groups is 1. The summed E-state index contributed by atoms with van der Waals surface area (Å²) in [5.74, 6) is 0.857. The second-order valence-electron chi connectivity index (χ2n) is 5.17. The van der Waals surface area contributed by atoms with Gasteiger partial charge in [0, 0.05) is 18.8 Å². The molecule has 0 radical (unpaired) electrons. The van der Waals surface area contributed by atoms with E-state index in [-0.39, 0.29) is 16.8 Å². The van der Waals surface area contributed by atoms with Gasteiger partial charge in [-0.25, -0.2) is 0 Å². The summed E-state index contributed by atoms with van der Waals surface area (Å²) in [6.45, 7) is 5.70. The summed E-state index contributed by atoms with van der Waals surface area (Å²) in [4.78, 5) is 26.9. The zero-order valence-corrected chi connectivity index (χ0v) is 11.3. The topological polar surface area (TPSA) is 40.6 Å². The van der Waals surface area contributed by atoms with Crippen LogP contribution in [0, 0.1) is 0 Å². The molecule has 0 spiro atoms. The molecule has 2 saturated heterocycles. The standard InChI is InChI=1S/C12H20N2O2S/c1-12(2)14(9-15)10(8-17-12)11(16)13-6-4-3-5-7-13/h9-10H,3-8H2,1-2H3/t10-/m0/s1. The van der Waals surface area contributed by atoms with Crippen molar-refractivity contribution in [1.29, 1.82) is 0 Å². The van der Waals surface area contributed by atoms with Gasteiger partial charge in [-0.15, -0.1) is 11.8 Å². The predicted molar refractivity (Wildman–Crippen MR) is 68.7 cm³/mol. The van der Waals surface area contributed by atoms with Gasteiger partial charge in [-0.05, 0) is 33.1 Å². The van der Waals surface area contributed by atoms with Crippen LogP contribution in [0.1, 0.15) is 33.1 Å². The molecule has 2 aliphatic heterocycles. The van der Waals surface area contributed by atoms with Crippen molar-refractivity contribution in [2.75, 3.05) is 18.8 Å². The minimum Gasteiger partial charge on any atom is -0.341 e. The molecule has 2 fully saturated rings. The van der Waals surface area contributed by atoms with Crippen molar-refractivity contribution >= 4 is 24.1 Å². The molecule has 0 aromatic carbocycles. The molecule has 0 bridgehead atoms. The first-order valence-corrected chi connectivity index (χ1v) is 7.21. The van der Waals surface area contributed by atoms with E-state index in [2.05, 4.69) is 0 Å². The smallest absolute Gasteiger partial charge is 0.246 e. The van der Waals surface area contributed by atoms with Crippen LogP contribution in [0.2, 0.25) is 0 Å². The molecule has 0 N–H and O–H groups in total. The average Bonchev–Trinajstić information content (AvgIpc) is 2.64. The maximum absolute atomic E-state index is 12.4. The molecule has 96 valence electrons. The van der Waals surface area contributed by atoms with Gasteiger partial charge in [-0.1, -0.05) is 0 Å². The van der Waals surface area contributed by atoms with Gasteiger partial charge < -0.3 is 9.80 Å². The molecule has 0 unspecified atom stereocenters. The lowest BCUT2D eigenvalue weighted by Crippen LogP contribution is -2.51. The molecule has 0 aliphatic carbocycles. The van der Waals surface area contributed by atoms with E-state index in [1.165, 1.54) is 6.42 Å². The summed E-state index contributed by atoms with van der Waals surface area (Å²) in [5, 5.41) is 0. The van der Waals surface area contributed by atoms with Crippen molar-refractivity contribution < 1.29 is 9.59 Å². The Morgan fingerprint density at radius 2 is 1.94 bits per heavy atom. The number of amides is 2. The van der Waals surface area contributed by atoms with E-state index in [1.54, 1.807) is 16.7 Å². The van der Waals surface area contributed by atoms with Gasteiger partial charge in [0.05, 0.1) is 4.87 Å². The molecular formula is C12H20N2O2S. The summed E-state index contributed by atoms with van der Waals surface area (Å²) < 4.78 is 0. The fourth-order valence-electron chi connectivity index (χ4n) is 2.53. The normalized spacial score (nSPS) is 28.2. The predicted octanol–water partition coefficient (Wildman–Crippen LogP) is 1.31. The van der Waals surface area contributed by atoms with Crippen LogP contribution in [0.4, 0.5) is 0 Å². The van der Waals surface area contributed by atoms with Gasteiger partial charge in [0.2, 0.25) is 12.3 Å². The van der Waals surface area contributed by atoms with Crippen molar-refractivity contribution in [2.24, 2.45) is 0 Å². The zero-order chi connectivity index (χ0) is 12.5. The van der Waals surface area contributed by atoms with Gasteiger partial charge in [-0.3, -0.25) is 9.59 Å². The summed E-state index contributed by atoms with van der Waals surface area (Å²) in [7, 11) is 0. The van der Waals surface area contributed by atoms with Crippen molar-refractivity contribution in [2.45, 2.75) is 44.0 Å². The first kappa shape index (κ1) is 12.7. The number of nitrogens with zero attached hydrogens (tertiary/aromatic N) is 2. The lowest BCUT2D eigenvalue weighted by Gasteiger charge is -2.34. The number of rotatable bonds is 2. The first-order valence-electron chi connectivity index (χ1n) is 6.23. The molecule has 2 heterocycles. The minimum atomic E-state index is -0.259. The second kappa shape index (κ2) is 4.88. The van der Waals surface area contributed by atoms with Crippen molar-refractivity contribution in [3.05, 3.63) is 0 Å². The van der Waals surface area contributed by atoms with E-state index in [0.717, 1.165) is 38.1 Å². The molecular weight excluding hydrogens is 236 g/mol. The third-order valence-electron chi connectivity index (χ3n) is 3.62. The Kier molecular flexibility index (Phi) is 3.66. The van der Waals surface area contributed by atoms with Crippen LogP contribution in [0.15, 0.2) is 0 Å². The summed E-state index contributed by atoms with van der Waals surface area (Å²) in [5.41, 5.74) is 0. The van der Waals surface area contributed by atoms with Crippen LogP contribution in [0.25, 0.3) is 0 Å². The maximum atomic E-state index is 12.4. The molecule has 1 atom stereocenters. The lowest BCUT2D eigenvalue weighted by molar-refractivity contribution is -0.141. The van der Waals surface area contributed by atoms with Crippen LogP contribution in [0.3, 0.4) is 0 Å². The van der Waals surface area contributed by atoms with Gasteiger partial charge in [0.25, 0.3) is 0 Å². The molecule has 5 heteroatoms. The number of carbonyl (C=O) groups is 2. The van der Waals surface area contributed by atoms with Gasteiger partial charge in [0.15, 0.2) is 0 Å². The first-order chi connectivity index (χ1) is 8.06. The summed E-state index contributed by atoms with van der Waals surface area (Å²) in [6.07, 6.45) is 4.23. The number of carbonyl (C=O) groups excluding carboxylic acids is 2. The largest absolute Gasteiger partial charge is 0.341 e. The highest BCUT2D eigenvalue weighted by atomic mass is 32.2. The van der Waals surface area contributed by atoms with E-state index < -0.39 is 0 Å². The molecule has 2 rings (SSSR count). The van der Waals surface area contributed by atoms with E-state index in [0.29, 0.717) is 0 Å². The number of likely N-dealkylation sites (tertiary alicyclic amines) is 1. The van der Waals surface area contributed by atoms with Crippen LogP contribution >= 0.6 is 11.8 Å². The number of piperidine rings is 1. The maximum Gasteiger partial charge on any atom is 0.246 e. The molecule has 0 aromatic rings. The zero-order valence-electron chi connectivity index (χ0n) is 10.5. The number of hydrogen-bond donors (Lipinski definition) is 0. The Bertz CT molecular complexity index is 314. The van der Waals surface area contributed by atoms with Crippen molar-refractivity contribution in [1.82, 2.24) is 9.80 Å². The second-order valence-corrected chi connectivity index (χ2v) is 6.79. The fourth-order valence-corrected chi connectivity index (χ4v) is 3.72. The Balaban J connectivity index is 2.06.